The molecule has 0 aliphatic rings. The third-order valence-electron chi connectivity index (χ3n) is 3.49. The number of benzene rings is 2. The summed E-state index contributed by atoms with van der Waals surface area (Å²) in [5, 5.41) is 10.2. The van der Waals surface area contributed by atoms with Crippen LogP contribution in [0.5, 0.6) is 0 Å². The van der Waals surface area contributed by atoms with E-state index in [-0.39, 0.29) is 5.82 Å². The van der Waals surface area contributed by atoms with Crippen LogP contribution >= 0.6 is 0 Å². The lowest BCUT2D eigenvalue weighted by Crippen LogP contribution is -2.07. The van der Waals surface area contributed by atoms with E-state index in [1.54, 1.807) is 12.1 Å². The fourth-order valence-corrected chi connectivity index (χ4v) is 2.38. The van der Waals surface area contributed by atoms with Gasteiger partial charge < -0.3 is 9.67 Å². The third kappa shape index (κ3) is 2.30. The Bertz CT molecular complexity index is 751. The van der Waals surface area contributed by atoms with Crippen LogP contribution in [0.1, 0.15) is 17.5 Å². The van der Waals surface area contributed by atoms with E-state index >= 15 is 0 Å². The molecular weight excluding hydrogens is 255 g/mol. The number of halogens is 1. The molecule has 1 N–H and O–H groups in total. The molecule has 1 atom stereocenters. The summed E-state index contributed by atoms with van der Waals surface area (Å²) in [6.07, 6.45) is -0.407. The molecule has 1 unspecified atom stereocenters. The van der Waals surface area contributed by atoms with Crippen LogP contribution in [0.2, 0.25) is 0 Å². The Hall–Kier alpha value is -2.20. The molecule has 0 saturated carbocycles. The predicted molar refractivity (Wildman–Crippen MR) is 75.8 cm³/mol. The minimum atomic E-state index is -0.763. The summed E-state index contributed by atoms with van der Waals surface area (Å²) in [4.78, 5) is 4.51. The van der Waals surface area contributed by atoms with E-state index in [9.17, 15) is 9.50 Å². The fraction of sp³-hybridized carbons (Fsp3) is 0.188. The van der Waals surface area contributed by atoms with Crippen molar-refractivity contribution < 1.29 is 9.50 Å². The Balaban J connectivity index is 1.91. The van der Waals surface area contributed by atoms with Gasteiger partial charge in [-0.3, -0.25) is 0 Å². The first-order valence-corrected chi connectivity index (χ1v) is 6.49. The van der Waals surface area contributed by atoms with Crippen molar-refractivity contribution in [2.24, 2.45) is 7.05 Å². The predicted octanol–water partition coefficient (Wildman–Crippen LogP) is 2.99. The van der Waals surface area contributed by atoms with Crippen LogP contribution in [0.25, 0.3) is 11.0 Å². The van der Waals surface area contributed by atoms with Crippen molar-refractivity contribution >= 4 is 11.0 Å². The van der Waals surface area contributed by atoms with E-state index in [0.717, 1.165) is 16.9 Å². The van der Waals surface area contributed by atoms with Crippen molar-refractivity contribution in [1.82, 2.24) is 9.55 Å². The molecule has 4 heteroatoms. The lowest BCUT2D eigenvalue weighted by molar-refractivity contribution is 0.174. The SMILES string of the molecule is Cn1c(CC(O)c2cccc(F)c2)nc2ccccc21. The highest BCUT2D eigenvalue weighted by Crippen LogP contribution is 2.21. The Morgan fingerprint density at radius 2 is 2.00 bits per heavy atom. The summed E-state index contributed by atoms with van der Waals surface area (Å²) in [7, 11) is 1.92. The average molecular weight is 270 g/mol. The molecule has 0 amide bonds. The molecule has 0 aliphatic carbocycles. The van der Waals surface area contributed by atoms with Gasteiger partial charge in [-0.1, -0.05) is 24.3 Å². The van der Waals surface area contributed by atoms with E-state index in [4.69, 9.17) is 0 Å². The molecule has 1 heterocycles. The fourth-order valence-electron chi connectivity index (χ4n) is 2.38. The molecular formula is C16H15FN2O. The number of para-hydroxylation sites is 2. The lowest BCUT2D eigenvalue weighted by Gasteiger charge is -2.11. The molecule has 1 aromatic heterocycles. The highest BCUT2D eigenvalue weighted by atomic mass is 19.1. The first-order chi connectivity index (χ1) is 9.65. The number of aliphatic hydroxyl groups is 1. The molecule has 20 heavy (non-hydrogen) atoms. The van der Waals surface area contributed by atoms with E-state index in [1.165, 1.54) is 12.1 Å². The van der Waals surface area contributed by atoms with Crippen molar-refractivity contribution in [3.05, 3.63) is 65.7 Å². The zero-order valence-electron chi connectivity index (χ0n) is 11.1. The molecule has 0 spiro atoms. The number of aromatic nitrogens is 2. The zero-order valence-corrected chi connectivity index (χ0v) is 11.1. The second kappa shape index (κ2) is 5.06. The normalized spacial score (nSPS) is 12.8. The summed E-state index contributed by atoms with van der Waals surface area (Å²) in [6.45, 7) is 0. The van der Waals surface area contributed by atoms with Gasteiger partial charge in [0.15, 0.2) is 0 Å². The van der Waals surface area contributed by atoms with E-state index < -0.39 is 6.10 Å². The van der Waals surface area contributed by atoms with Crippen LogP contribution < -0.4 is 0 Å². The smallest absolute Gasteiger partial charge is 0.123 e. The quantitative estimate of drug-likeness (QED) is 0.794. The summed E-state index contributed by atoms with van der Waals surface area (Å²) < 4.78 is 15.1. The lowest BCUT2D eigenvalue weighted by atomic mass is 10.1. The van der Waals surface area contributed by atoms with Crippen molar-refractivity contribution in [2.75, 3.05) is 0 Å². The molecule has 0 saturated heterocycles. The van der Waals surface area contributed by atoms with Crippen LogP contribution in [0, 0.1) is 5.82 Å². The summed E-state index contributed by atoms with van der Waals surface area (Å²) in [5.41, 5.74) is 2.49. The number of nitrogens with zero attached hydrogens (tertiary/aromatic N) is 2. The maximum Gasteiger partial charge on any atom is 0.123 e. The largest absolute Gasteiger partial charge is 0.388 e. The number of aryl methyl sites for hydroxylation is 1. The van der Waals surface area contributed by atoms with Gasteiger partial charge in [0.2, 0.25) is 0 Å². The Morgan fingerprint density at radius 3 is 2.75 bits per heavy atom. The topological polar surface area (TPSA) is 38.0 Å². The number of aliphatic hydroxyl groups excluding tert-OH is 1. The molecule has 3 nitrogen and oxygen atoms in total. The number of hydrogen-bond acceptors (Lipinski definition) is 2. The molecule has 3 aromatic rings. The summed E-state index contributed by atoms with van der Waals surface area (Å²) >= 11 is 0. The van der Waals surface area contributed by atoms with Gasteiger partial charge >= 0.3 is 0 Å². The van der Waals surface area contributed by atoms with Crippen molar-refractivity contribution in [3.63, 3.8) is 0 Å². The molecule has 102 valence electrons. The van der Waals surface area contributed by atoms with Crippen LogP contribution in [-0.2, 0) is 13.5 Å². The molecule has 0 fully saturated rings. The van der Waals surface area contributed by atoms with Crippen molar-refractivity contribution in [1.29, 1.82) is 0 Å². The summed E-state index contributed by atoms with van der Waals surface area (Å²) in [6, 6.07) is 13.9. The monoisotopic (exact) mass is 270 g/mol. The minimum absolute atomic E-state index is 0.341. The van der Waals surface area contributed by atoms with Gasteiger partial charge in [-0.25, -0.2) is 9.37 Å². The molecule has 3 rings (SSSR count). The van der Waals surface area contributed by atoms with Gasteiger partial charge in [0, 0.05) is 13.5 Å². The number of fused-ring (bicyclic) bond motifs is 1. The van der Waals surface area contributed by atoms with Crippen LogP contribution in [0.4, 0.5) is 4.39 Å². The van der Waals surface area contributed by atoms with Gasteiger partial charge in [-0.2, -0.15) is 0 Å². The Labute approximate surface area is 116 Å². The third-order valence-corrected chi connectivity index (χ3v) is 3.49. The standard InChI is InChI=1S/C16H15FN2O/c1-19-14-8-3-2-7-13(14)18-16(19)10-15(20)11-5-4-6-12(17)9-11/h2-9,15,20H,10H2,1H3. The molecule has 0 radical (unpaired) electrons. The number of hydrogen-bond donors (Lipinski definition) is 1. The van der Waals surface area contributed by atoms with Gasteiger partial charge in [0.05, 0.1) is 17.1 Å². The minimum Gasteiger partial charge on any atom is -0.388 e. The highest BCUT2D eigenvalue weighted by molar-refractivity contribution is 5.75. The maximum atomic E-state index is 13.2. The van der Waals surface area contributed by atoms with E-state index in [0.29, 0.717) is 12.0 Å². The van der Waals surface area contributed by atoms with Gasteiger partial charge in [-0.15, -0.1) is 0 Å². The molecule has 2 aromatic carbocycles. The average Bonchev–Trinajstić information content (AvgIpc) is 2.76. The number of rotatable bonds is 3. The van der Waals surface area contributed by atoms with Gasteiger partial charge in [0.1, 0.15) is 11.6 Å². The van der Waals surface area contributed by atoms with Gasteiger partial charge in [-0.05, 0) is 29.8 Å². The van der Waals surface area contributed by atoms with Gasteiger partial charge in [0.25, 0.3) is 0 Å². The molecule has 0 bridgehead atoms. The first kappa shape index (κ1) is 12.8. The van der Waals surface area contributed by atoms with E-state index in [1.807, 2.05) is 35.9 Å². The Kier molecular flexibility index (Phi) is 3.24. The van der Waals surface area contributed by atoms with Crippen molar-refractivity contribution in [3.8, 4) is 0 Å². The number of imidazole rings is 1. The van der Waals surface area contributed by atoms with Crippen molar-refractivity contribution in [2.45, 2.75) is 12.5 Å². The highest BCUT2D eigenvalue weighted by Gasteiger charge is 2.14. The molecule has 0 aliphatic heterocycles. The zero-order chi connectivity index (χ0) is 14.1. The van der Waals surface area contributed by atoms with Crippen LogP contribution in [0.15, 0.2) is 48.5 Å². The second-order valence-electron chi connectivity index (χ2n) is 4.85. The first-order valence-electron chi connectivity index (χ1n) is 6.49. The van der Waals surface area contributed by atoms with E-state index in [2.05, 4.69) is 4.98 Å². The van der Waals surface area contributed by atoms with Crippen LogP contribution in [0.3, 0.4) is 0 Å². The maximum absolute atomic E-state index is 13.2. The van der Waals surface area contributed by atoms with Crippen LogP contribution in [-0.4, -0.2) is 14.7 Å². The second-order valence-corrected chi connectivity index (χ2v) is 4.85. The Morgan fingerprint density at radius 1 is 1.20 bits per heavy atom. The summed E-state index contributed by atoms with van der Waals surface area (Å²) in [5.74, 6) is 0.439.